The molecular weight excluding hydrogens is 592 g/mol. The number of nitrogens with zero attached hydrogens (tertiary/aromatic N) is 4. The number of esters is 1. The molecule has 0 N–H and O–H groups in total. The first-order chi connectivity index (χ1) is 23.6. The van der Waals surface area contributed by atoms with Crippen LogP contribution in [-0.2, 0) is 4.74 Å². The summed E-state index contributed by atoms with van der Waals surface area (Å²) >= 11 is 0. The Labute approximate surface area is 277 Å². The van der Waals surface area contributed by atoms with E-state index in [1.165, 1.54) is 7.11 Å². The zero-order valence-corrected chi connectivity index (χ0v) is 26.0. The second-order valence-corrected chi connectivity index (χ2v) is 11.4. The minimum atomic E-state index is -0.383. The minimum absolute atomic E-state index is 0.383. The molecule has 0 aliphatic rings. The molecule has 6 aromatic carbocycles. The van der Waals surface area contributed by atoms with Crippen LogP contribution in [0, 0.1) is 0 Å². The lowest BCUT2D eigenvalue weighted by Crippen LogP contribution is -2.01. The van der Waals surface area contributed by atoms with Crippen molar-refractivity contribution in [3.63, 3.8) is 0 Å². The van der Waals surface area contributed by atoms with Crippen molar-refractivity contribution in [2.24, 2.45) is 0 Å². The van der Waals surface area contributed by atoms with Gasteiger partial charge >= 0.3 is 5.97 Å². The van der Waals surface area contributed by atoms with Crippen LogP contribution in [0.1, 0.15) is 10.4 Å². The van der Waals surface area contributed by atoms with Gasteiger partial charge in [0.1, 0.15) is 0 Å². The normalized spacial score (nSPS) is 11.1. The van der Waals surface area contributed by atoms with E-state index >= 15 is 0 Å². The zero-order valence-electron chi connectivity index (χ0n) is 26.0. The first-order valence-corrected chi connectivity index (χ1v) is 15.6. The van der Waals surface area contributed by atoms with Crippen molar-refractivity contribution in [1.82, 2.24) is 19.9 Å². The number of hydrogen-bond donors (Lipinski definition) is 0. The second-order valence-electron chi connectivity index (χ2n) is 11.4. The predicted octanol–water partition coefficient (Wildman–Crippen LogP) is 9.69. The van der Waals surface area contributed by atoms with Crippen molar-refractivity contribution < 1.29 is 9.53 Å². The summed E-state index contributed by atoms with van der Waals surface area (Å²) in [5, 5.41) is 0. The molecule has 0 spiro atoms. The average Bonchev–Trinajstić information content (AvgIpc) is 3.17. The van der Waals surface area contributed by atoms with Crippen LogP contribution in [0.3, 0.4) is 0 Å². The van der Waals surface area contributed by atoms with Gasteiger partial charge in [0, 0.05) is 22.3 Å². The van der Waals surface area contributed by atoms with Crippen LogP contribution >= 0.6 is 0 Å². The van der Waals surface area contributed by atoms with Gasteiger partial charge in [0.25, 0.3) is 0 Å². The van der Waals surface area contributed by atoms with E-state index in [-0.39, 0.29) is 5.97 Å². The molecule has 8 rings (SSSR count). The Balaban J connectivity index is 1.25. The topological polar surface area (TPSA) is 77.9 Å². The molecule has 0 saturated carbocycles. The van der Waals surface area contributed by atoms with Crippen molar-refractivity contribution in [3.8, 4) is 56.2 Å². The van der Waals surface area contributed by atoms with Gasteiger partial charge in [-0.15, -0.1) is 0 Å². The number of hydrogen-bond acceptors (Lipinski definition) is 6. The van der Waals surface area contributed by atoms with Gasteiger partial charge in [0.05, 0.1) is 57.5 Å². The largest absolute Gasteiger partial charge is 0.465 e. The summed E-state index contributed by atoms with van der Waals surface area (Å²) in [6.45, 7) is 0. The maximum atomic E-state index is 12.1. The lowest BCUT2D eigenvalue weighted by molar-refractivity contribution is 0.0600. The highest BCUT2D eigenvalue weighted by Gasteiger charge is 2.17. The summed E-state index contributed by atoms with van der Waals surface area (Å²) in [7, 11) is 1.38. The molecule has 8 aromatic rings. The highest BCUT2D eigenvalue weighted by molar-refractivity contribution is 5.93. The third-order valence-corrected chi connectivity index (χ3v) is 8.38. The fourth-order valence-electron chi connectivity index (χ4n) is 5.94. The highest BCUT2D eigenvalue weighted by atomic mass is 16.5. The second kappa shape index (κ2) is 12.3. The van der Waals surface area contributed by atoms with Crippen LogP contribution in [0.4, 0.5) is 0 Å². The summed E-state index contributed by atoms with van der Waals surface area (Å²) in [6.07, 6.45) is 0. The van der Waals surface area contributed by atoms with E-state index in [9.17, 15) is 4.79 Å². The summed E-state index contributed by atoms with van der Waals surface area (Å²) in [6, 6.07) is 50.0. The first kappa shape index (κ1) is 28.9. The van der Waals surface area contributed by atoms with E-state index in [2.05, 4.69) is 48.5 Å². The molecular formula is C42H28N4O2. The van der Waals surface area contributed by atoms with Gasteiger partial charge in [0.15, 0.2) is 0 Å². The van der Waals surface area contributed by atoms with Crippen LogP contribution in [0.2, 0.25) is 0 Å². The fraction of sp³-hybridized carbons (Fsp3) is 0.0238. The number of aromatic nitrogens is 4. The molecule has 6 heteroatoms. The van der Waals surface area contributed by atoms with Gasteiger partial charge in [-0.2, -0.15) is 0 Å². The summed E-state index contributed by atoms with van der Waals surface area (Å²) in [5.41, 5.74) is 12.7. The first-order valence-electron chi connectivity index (χ1n) is 15.6. The standard InChI is InChI=1S/C42H28N4O2/c1-48-42(47)31-19-17-30(18-20-31)41-39(28-13-7-3-8-14-28)44-35-24-22-33(26-37(35)46-41)32-21-23-34-36(25-32)45-40(29-15-9-4-10-16-29)38(43-34)27-11-5-2-6-12-27/h2-26H,1H3. The number of ether oxygens (including phenoxy) is 1. The molecule has 0 atom stereocenters. The third kappa shape index (κ3) is 5.46. The van der Waals surface area contributed by atoms with Gasteiger partial charge in [0.2, 0.25) is 0 Å². The van der Waals surface area contributed by atoms with Crippen molar-refractivity contribution in [2.45, 2.75) is 0 Å². The Bertz CT molecular complexity index is 2430. The van der Waals surface area contributed by atoms with Crippen LogP contribution in [0.5, 0.6) is 0 Å². The molecule has 0 bridgehead atoms. The molecule has 0 unspecified atom stereocenters. The minimum Gasteiger partial charge on any atom is -0.465 e. The van der Waals surface area contributed by atoms with Crippen LogP contribution in [-0.4, -0.2) is 33.0 Å². The molecule has 228 valence electrons. The van der Waals surface area contributed by atoms with Gasteiger partial charge in [-0.25, -0.2) is 24.7 Å². The molecule has 0 radical (unpaired) electrons. The molecule has 0 aliphatic carbocycles. The Hall–Kier alpha value is -6.53. The maximum absolute atomic E-state index is 12.1. The number of benzene rings is 6. The van der Waals surface area contributed by atoms with Gasteiger partial charge in [-0.3, -0.25) is 0 Å². The SMILES string of the molecule is COC(=O)c1ccc(-c2nc3cc(-c4ccc5nc(-c6ccccc6)c(-c6ccccc6)nc5c4)ccc3nc2-c2ccccc2)cc1. The molecule has 0 saturated heterocycles. The average molecular weight is 621 g/mol. The predicted molar refractivity (Wildman–Crippen MR) is 191 cm³/mol. The molecule has 2 aromatic heterocycles. The van der Waals surface area contributed by atoms with Crippen LogP contribution < -0.4 is 0 Å². The third-order valence-electron chi connectivity index (χ3n) is 8.38. The summed E-state index contributed by atoms with van der Waals surface area (Å²) in [4.78, 5) is 32.6. The van der Waals surface area contributed by atoms with E-state index < -0.39 is 0 Å². The van der Waals surface area contributed by atoms with Crippen molar-refractivity contribution in [3.05, 3.63) is 157 Å². The number of methoxy groups -OCH3 is 1. The lowest BCUT2D eigenvalue weighted by atomic mass is 10.0. The number of carbonyl (C=O) groups excluding carboxylic acids is 1. The lowest BCUT2D eigenvalue weighted by Gasteiger charge is -2.13. The number of fused-ring (bicyclic) bond motifs is 2. The Morgan fingerprint density at radius 1 is 0.396 bits per heavy atom. The number of rotatable bonds is 6. The fourth-order valence-corrected chi connectivity index (χ4v) is 5.94. The van der Waals surface area contributed by atoms with Crippen molar-refractivity contribution >= 4 is 28.0 Å². The molecule has 2 heterocycles. The van der Waals surface area contributed by atoms with Gasteiger partial charge in [-0.05, 0) is 47.5 Å². The molecule has 6 nitrogen and oxygen atoms in total. The molecule has 48 heavy (non-hydrogen) atoms. The van der Waals surface area contributed by atoms with Crippen LogP contribution in [0.15, 0.2) is 152 Å². The Kier molecular flexibility index (Phi) is 7.43. The molecule has 0 aliphatic heterocycles. The smallest absolute Gasteiger partial charge is 0.337 e. The zero-order chi connectivity index (χ0) is 32.5. The van der Waals surface area contributed by atoms with E-state index in [0.29, 0.717) is 5.56 Å². The summed E-state index contributed by atoms with van der Waals surface area (Å²) in [5.74, 6) is -0.383. The monoisotopic (exact) mass is 620 g/mol. The summed E-state index contributed by atoms with van der Waals surface area (Å²) < 4.78 is 4.89. The molecule has 0 fully saturated rings. The molecule has 0 amide bonds. The van der Waals surface area contributed by atoms with Crippen LogP contribution in [0.25, 0.3) is 78.2 Å². The van der Waals surface area contributed by atoms with E-state index in [0.717, 1.165) is 78.2 Å². The Morgan fingerprint density at radius 2 is 0.729 bits per heavy atom. The van der Waals surface area contributed by atoms with E-state index in [1.807, 2.05) is 91.0 Å². The van der Waals surface area contributed by atoms with Gasteiger partial charge < -0.3 is 4.74 Å². The van der Waals surface area contributed by atoms with Crippen molar-refractivity contribution in [2.75, 3.05) is 7.11 Å². The number of carbonyl (C=O) groups is 1. The quantitative estimate of drug-likeness (QED) is 0.172. The van der Waals surface area contributed by atoms with E-state index in [4.69, 9.17) is 24.7 Å². The van der Waals surface area contributed by atoms with Crippen molar-refractivity contribution in [1.29, 1.82) is 0 Å². The highest BCUT2D eigenvalue weighted by Crippen LogP contribution is 2.35. The maximum Gasteiger partial charge on any atom is 0.337 e. The van der Waals surface area contributed by atoms with E-state index in [1.54, 1.807) is 12.1 Å². The van der Waals surface area contributed by atoms with Gasteiger partial charge in [-0.1, -0.05) is 115 Å². The Morgan fingerprint density at radius 3 is 1.10 bits per heavy atom.